The van der Waals surface area contributed by atoms with Gasteiger partial charge in [-0.05, 0) is 60.2 Å². The van der Waals surface area contributed by atoms with Crippen LogP contribution in [0.2, 0.25) is 10.0 Å². The number of carboxylic acid groups (broad SMARTS) is 1. The number of carbonyl (C=O) groups is 1. The number of fused-ring (bicyclic) bond motifs is 1. The van der Waals surface area contributed by atoms with E-state index in [9.17, 15) is 10.1 Å². The van der Waals surface area contributed by atoms with Crippen molar-refractivity contribution in [1.29, 1.82) is 5.26 Å². The van der Waals surface area contributed by atoms with Crippen LogP contribution in [-0.2, 0) is 11.2 Å². The molecule has 0 saturated carbocycles. The lowest BCUT2D eigenvalue weighted by Crippen LogP contribution is -2.02. The van der Waals surface area contributed by atoms with E-state index in [4.69, 9.17) is 28.3 Å². The lowest BCUT2D eigenvalue weighted by atomic mass is 10.1. The highest BCUT2D eigenvalue weighted by atomic mass is 35.5. The second-order valence-electron chi connectivity index (χ2n) is 6.75. The maximum absolute atomic E-state index is 10.9. The monoisotopic (exact) mass is 435 g/mol. The van der Waals surface area contributed by atoms with Crippen molar-refractivity contribution >= 4 is 51.4 Å². The Kier molecular flexibility index (Phi) is 5.37. The minimum Gasteiger partial charge on any atom is -0.481 e. The molecule has 148 valence electrons. The van der Waals surface area contributed by atoms with E-state index in [1.807, 2.05) is 41.1 Å². The quantitative estimate of drug-likeness (QED) is 0.392. The minimum atomic E-state index is -0.931. The Morgan fingerprint density at radius 3 is 2.50 bits per heavy atom. The smallest absolute Gasteiger partial charge is 0.307 e. The number of nitrogens with one attached hydrogen (secondary N) is 1. The Labute approximate surface area is 182 Å². The zero-order chi connectivity index (χ0) is 21.3. The van der Waals surface area contributed by atoms with Crippen LogP contribution in [0.5, 0.6) is 0 Å². The largest absolute Gasteiger partial charge is 0.481 e. The van der Waals surface area contributed by atoms with Gasteiger partial charge in [0.1, 0.15) is 6.07 Å². The SMILES string of the molecule is N#Cc1cc(CC(=O)O)ccc1-n1ccc2cc(Nc3ccc(Cl)c(Cl)c3)ccc21. The summed E-state index contributed by atoms with van der Waals surface area (Å²) in [6.07, 6.45) is 1.77. The van der Waals surface area contributed by atoms with E-state index >= 15 is 0 Å². The van der Waals surface area contributed by atoms with E-state index in [0.29, 0.717) is 26.9 Å². The maximum atomic E-state index is 10.9. The number of carboxylic acids is 1. The van der Waals surface area contributed by atoms with Crippen molar-refractivity contribution in [3.63, 3.8) is 0 Å². The van der Waals surface area contributed by atoms with E-state index in [2.05, 4.69) is 11.4 Å². The molecule has 4 aromatic rings. The molecule has 0 spiro atoms. The van der Waals surface area contributed by atoms with Gasteiger partial charge < -0.3 is 15.0 Å². The molecule has 0 unspecified atom stereocenters. The zero-order valence-corrected chi connectivity index (χ0v) is 17.1. The molecule has 2 N–H and O–H groups in total. The van der Waals surface area contributed by atoms with Crippen molar-refractivity contribution < 1.29 is 9.90 Å². The van der Waals surface area contributed by atoms with Gasteiger partial charge in [0.05, 0.1) is 33.2 Å². The highest BCUT2D eigenvalue weighted by Crippen LogP contribution is 2.30. The second-order valence-corrected chi connectivity index (χ2v) is 7.56. The number of rotatable bonds is 5. The van der Waals surface area contributed by atoms with Crippen molar-refractivity contribution in [2.24, 2.45) is 0 Å². The summed E-state index contributed by atoms with van der Waals surface area (Å²) in [4.78, 5) is 10.9. The lowest BCUT2D eigenvalue weighted by Gasteiger charge is -2.11. The third-order valence-corrected chi connectivity index (χ3v) is 5.43. The number of benzene rings is 3. The molecule has 30 heavy (non-hydrogen) atoms. The first kappa shape index (κ1) is 19.8. The van der Waals surface area contributed by atoms with Gasteiger partial charge in [0.2, 0.25) is 0 Å². The molecule has 0 saturated heterocycles. The molecule has 0 aliphatic heterocycles. The molecular formula is C23H15Cl2N3O2. The summed E-state index contributed by atoms with van der Waals surface area (Å²) in [5, 5.41) is 23.8. The minimum absolute atomic E-state index is 0.120. The Balaban J connectivity index is 1.68. The van der Waals surface area contributed by atoms with Gasteiger partial charge in [-0.25, -0.2) is 0 Å². The van der Waals surface area contributed by atoms with E-state index < -0.39 is 5.97 Å². The Bertz CT molecular complexity index is 1320. The second kappa shape index (κ2) is 8.11. The van der Waals surface area contributed by atoms with Gasteiger partial charge in [0.25, 0.3) is 0 Å². The molecule has 0 aliphatic carbocycles. The van der Waals surface area contributed by atoms with Gasteiger partial charge in [-0.1, -0.05) is 29.3 Å². The van der Waals surface area contributed by atoms with Gasteiger partial charge in [-0.15, -0.1) is 0 Å². The Morgan fingerprint density at radius 2 is 1.77 bits per heavy atom. The van der Waals surface area contributed by atoms with Gasteiger partial charge in [-0.3, -0.25) is 4.79 Å². The number of hydrogen-bond donors (Lipinski definition) is 2. The molecule has 7 heteroatoms. The van der Waals surface area contributed by atoms with Crippen LogP contribution in [-0.4, -0.2) is 15.6 Å². The molecule has 3 aromatic carbocycles. The van der Waals surface area contributed by atoms with Crippen molar-refractivity contribution in [1.82, 2.24) is 4.57 Å². The molecule has 0 aliphatic rings. The third-order valence-electron chi connectivity index (χ3n) is 4.69. The number of nitrogens with zero attached hydrogens (tertiary/aromatic N) is 2. The lowest BCUT2D eigenvalue weighted by molar-refractivity contribution is -0.136. The average Bonchev–Trinajstić information content (AvgIpc) is 3.13. The highest BCUT2D eigenvalue weighted by Gasteiger charge is 2.11. The predicted molar refractivity (Wildman–Crippen MR) is 119 cm³/mol. The molecule has 0 radical (unpaired) electrons. The number of aromatic nitrogens is 1. The fourth-order valence-electron chi connectivity index (χ4n) is 3.34. The van der Waals surface area contributed by atoms with Gasteiger partial charge in [0.15, 0.2) is 0 Å². The summed E-state index contributed by atoms with van der Waals surface area (Å²) in [6, 6.07) is 20.5. The molecule has 0 amide bonds. The van der Waals surface area contributed by atoms with Crippen LogP contribution >= 0.6 is 23.2 Å². The number of anilines is 2. The van der Waals surface area contributed by atoms with Crippen LogP contribution in [0.3, 0.4) is 0 Å². The fraction of sp³-hybridized carbons (Fsp3) is 0.0435. The molecule has 1 aromatic heterocycles. The average molecular weight is 436 g/mol. The number of hydrogen-bond acceptors (Lipinski definition) is 3. The van der Waals surface area contributed by atoms with Crippen molar-refractivity contribution in [2.45, 2.75) is 6.42 Å². The van der Waals surface area contributed by atoms with E-state index in [-0.39, 0.29) is 6.42 Å². The first-order valence-electron chi connectivity index (χ1n) is 9.03. The van der Waals surface area contributed by atoms with Crippen molar-refractivity contribution in [2.75, 3.05) is 5.32 Å². The van der Waals surface area contributed by atoms with Crippen LogP contribution < -0.4 is 5.32 Å². The van der Waals surface area contributed by atoms with E-state index in [1.54, 1.807) is 30.3 Å². The van der Waals surface area contributed by atoms with Gasteiger partial charge in [0, 0.05) is 23.0 Å². The summed E-state index contributed by atoms with van der Waals surface area (Å²) < 4.78 is 1.92. The summed E-state index contributed by atoms with van der Waals surface area (Å²) in [6.45, 7) is 0. The zero-order valence-electron chi connectivity index (χ0n) is 15.6. The first-order chi connectivity index (χ1) is 14.4. The predicted octanol–water partition coefficient (Wildman–Crippen LogP) is 6.18. The van der Waals surface area contributed by atoms with Crippen LogP contribution in [0.15, 0.2) is 66.9 Å². The van der Waals surface area contributed by atoms with Crippen molar-refractivity contribution in [3.8, 4) is 11.8 Å². The van der Waals surface area contributed by atoms with Crippen LogP contribution in [0.4, 0.5) is 11.4 Å². The summed E-state index contributed by atoms with van der Waals surface area (Å²) in [5.41, 5.74) is 4.35. The molecule has 4 rings (SSSR count). The summed E-state index contributed by atoms with van der Waals surface area (Å²) >= 11 is 12.0. The standard InChI is InChI=1S/C23H15Cl2N3O2/c24-19-4-2-18(12-20(19)25)27-17-3-6-21-15(11-17)7-8-28(21)22-5-1-14(10-23(29)30)9-16(22)13-26/h1-9,11-12,27H,10H2,(H,29,30). The Hall–Kier alpha value is -3.46. The fourth-order valence-corrected chi connectivity index (χ4v) is 3.64. The molecule has 0 atom stereocenters. The van der Waals surface area contributed by atoms with E-state index in [1.165, 1.54) is 0 Å². The Morgan fingerprint density at radius 1 is 1.00 bits per heavy atom. The molecule has 5 nitrogen and oxygen atoms in total. The first-order valence-corrected chi connectivity index (χ1v) is 9.78. The van der Waals surface area contributed by atoms with Gasteiger partial charge >= 0.3 is 5.97 Å². The van der Waals surface area contributed by atoms with E-state index in [0.717, 1.165) is 22.3 Å². The molecule has 0 bridgehead atoms. The number of halogens is 2. The van der Waals surface area contributed by atoms with Crippen LogP contribution in [0.25, 0.3) is 16.6 Å². The number of nitriles is 1. The van der Waals surface area contributed by atoms with Crippen LogP contribution in [0, 0.1) is 11.3 Å². The van der Waals surface area contributed by atoms with Crippen LogP contribution in [0.1, 0.15) is 11.1 Å². The number of aliphatic carboxylic acids is 1. The van der Waals surface area contributed by atoms with Gasteiger partial charge in [-0.2, -0.15) is 5.26 Å². The normalized spacial score (nSPS) is 10.7. The topological polar surface area (TPSA) is 78.1 Å². The summed E-state index contributed by atoms with van der Waals surface area (Å²) in [7, 11) is 0. The molecular weight excluding hydrogens is 421 g/mol. The third kappa shape index (κ3) is 3.97. The maximum Gasteiger partial charge on any atom is 0.307 e. The molecule has 1 heterocycles. The summed E-state index contributed by atoms with van der Waals surface area (Å²) in [5.74, 6) is -0.931. The van der Waals surface area contributed by atoms with Crippen molar-refractivity contribution in [3.05, 3.63) is 88.0 Å². The molecule has 0 fully saturated rings. The highest BCUT2D eigenvalue weighted by molar-refractivity contribution is 6.42.